The first kappa shape index (κ1) is 14.7. The molecule has 4 heteroatoms. The zero-order valence-corrected chi connectivity index (χ0v) is 11.3. The van der Waals surface area contributed by atoms with Crippen LogP contribution in [0, 0.1) is 6.92 Å². The average Bonchev–Trinajstić information content (AvgIpc) is 2.27. The van der Waals surface area contributed by atoms with E-state index in [0.717, 1.165) is 24.1 Å². The highest BCUT2D eigenvalue weighted by Crippen LogP contribution is 2.14. The molecule has 0 heterocycles. The lowest BCUT2D eigenvalue weighted by Crippen LogP contribution is -2.30. The molecule has 0 saturated carbocycles. The highest BCUT2D eigenvalue weighted by molar-refractivity contribution is 5.75. The summed E-state index contributed by atoms with van der Waals surface area (Å²) in [7, 11) is 4.02. The van der Waals surface area contributed by atoms with Crippen LogP contribution < -0.4 is 5.32 Å². The predicted molar refractivity (Wildman–Crippen MR) is 72.7 cm³/mol. The number of aliphatic carboxylic acids is 1. The molecule has 0 radical (unpaired) electrons. The molecule has 1 aromatic carbocycles. The molecule has 1 aromatic rings. The van der Waals surface area contributed by atoms with E-state index in [4.69, 9.17) is 0 Å². The molecule has 4 nitrogen and oxygen atoms in total. The number of carboxylic acids is 1. The van der Waals surface area contributed by atoms with E-state index < -0.39 is 12.0 Å². The lowest BCUT2D eigenvalue weighted by molar-refractivity contribution is -0.139. The summed E-state index contributed by atoms with van der Waals surface area (Å²) in [4.78, 5) is 13.4. The zero-order chi connectivity index (χ0) is 13.5. The number of hydrogen-bond donors (Lipinski definition) is 2. The third-order valence-corrected chi connectivity index (χ3v) is 2.75. The Hall–Kier alpha value is -1.39. The van der Waals surface area contributed by atoms with Crippen molar-refractivity contribution in [2.45, 2.75) is 19.4 Å². The Kier molecular flexibility index (Phi) is 5.82. The van der Waals surface area contributed by atoms with Gasteiger partial charge in [0.15, 0.2) is 0 Å². The molecule has 0 amide bonds. The van der Waals surface area contributed by atoms with E-state index in [9.17, 15) is 9.90 Å². The van der Waals surface area contributed by atoms with Crippen molar-refractivity contribution in [1.29, 1.82) is 0 Å². The van der Waals surface area contributed by atoms with Crippen LogP contribution in [0.25, 0.3) is 0 Å². The molecule has 0 spiro atoms. The summed E-state index contributed by atoms with van der Waals surface area (Å²) < 4.78 is 0. The van der Waals surface area contributed by atoms with Gasteiger partial charge in [-0.25, -0.2) is 0 Å². The minimum absolute atomic E-state index is 0.618. The Balaban J connectivity index is 2.58. The second kappa shape index (κ2) is 7.13. The van der Waals surface area contributed by atoms with Crippen molar-refractivity contribution < 1.29 is 9.90 Å². The topological polar surface area (TPSA) is 52.6 Å². The SMILES string of the molecule is Cc1cccc(C(NCCCN(C)C)C(=O)O)c1. The number of carboxylic acid groups (broad SMARTS) is 1. The average molecular weight is 250 g/mol. The van der Waals surface area contributed by atoms with Crippen LogP contribution in [0.15, 0.2) is 24.3 Å². The van der Waals surface area contributed by atoms with Crippen LogP contribution in [0.1, 0.15) is 23.6 Å². The van der Waals surface area contributed by atoms with E-state index >= 15 is 0 Å². The van der Waals surface area contributed by atoms with Crippen molar-refractivity contribution in [1.82, 2.24) is 10.2 Å². The van der Waals surface area contributed by atoms with Crippen molar-refractivity contribution >= 4 is 5.97 Å². The van der Waals surface area contributed by atoms with Crippen LogP contribution in [0.3, 0.4) is 0 Å². The maximum absolute atomic E-state index is 11.3. The van der Waals surface area contributed by atoms with E-state index in [0.29, 0.717) is 6.54 Å². The third kappa shape index (κ3) is 4.85. The molecule has 0 saturated heterocycles. The quantitative estimate of drug-likeness (QED) is 0.723. The Morgan fingerprint density at radius 3 is 2.72 bits per heavy atom. The van der Waals surface area contributed by atoms with Crippen LogP contribution in [-0.4, -0.2) is 43.2 Å². The van der Waals surface area contributed by atoms with Crippen molar-refractivity contribution in [2.75, 3.05) is 27.2 Å². The summed E-state index contributed by atoms with van der Waals surface area (Å²) in [6.45, 7) is 3.62. The molecule has 0 fully saturated rings. The maximum Gasteiger partial charge on any atom is 0.325 e. The van der Waals surface area contributed by atoms with Gasteiger partial charge in [-0.1, -0.05) is 29.8 Å². The Bertz CT molecular complexity index is 391. The smallest absolute Gasteiger partial charge is 0.325 e. The van der Waals surface area contributed by atoms with Gasteiger partial charge in [0.1, 0.15) is 6.04 Å². The van der Waals surface area contributed by atoms with E-state index in [-0.39, 0.29) is 0 Å². The lowest BCUT2D eigenvalue weighted by atomic mass is 10.0. The van der Waals surface area contributed by atoms with E-state index in [2.05, 4.69) is 10.2 Å². The predicted octanol–water partition coefficient (Wildman–Crippen LogP) is 1.66. The summed E-state index contributed by atoms with van der Waals surface area (Å²) in [5.74, 6) is -0.828. The fourth-order valence-corrected chi connectivity index (χ4v) is 1.84. The van der Waals surface area contributed by atoms with Crippen molar-refractivity contribution in [3.63, 3.8) is 0 Å². The van der Waals surface area contributed by atoms with Gasteiger partial charge in [0.2, 0.25) is 0 Å². The molecule has 18 heavy (non-hydrogen) atoms. The van der Waals surface area contributed by atoms with Crippen molar-refractivity contribution in [3.05, 3.63) is 35.4 Å². The number of benzene rings is 1. The van der Waals surface area contributed by atoms with E-state index in [1.165, 1.54) is 0 Å². The molecule has 0 aromatic heterocycles. The molecule has 1 atom stereocenters. The summed E-state index contributed by atoms with van der Waals surface area (Å²) in [6.07, 6.45) is 0.933. The zero-order valence-electron chi connectivity index (χ0n) is 11.3. The minimum Gasteiger partial charge on any atom is -0.480 e. The lowest BCUT2D eigenvalue weighted by Gasteiger charge is -2.16. The number of carbonyl (C=O) groups is 1. The molecule has 0 aliphatic carbocycles. The molecule has 1 rings (SSSR count). The Morgan fingerprint density at radius 2 is 2.17 bits per heavy atom. The van der Waals surface area contributed by atoms with Crippen molar-refractivity contribution in [2.24, 2.45) is 0 Å². The minimum atomic E-state index is -0.828. The van der Waals surface area contributed by atoms with Gasteiger partial charge in [0.05, 0.1) is 0 Å². The van der Waals surface area contributed by atoms with Gasteiger partial charge in [-0.3, -0.25) is 4.79 Å². The summed E-state index contributed by atoms with van der Waals surface area (Å²) in [5.41, 5.74) is 1.89. The summed E-state index contributed by atoms with van der Waals surface area (Å²) >= 11 is 0. The summed E-state index contributed by atoms with van der Waals surface area (Å²) in [5, 5.41) is 12.3. The van der Waals surface area contributed by atoms with Gasteiger partial charge < -0.3 is 15.3 Å². The Labute approximate surface area is 109 Å². The van der Waals surface area contributed by atoms with Crippen molar-refractivity contribution in [3.8, 4) is 0 Å². The molecular weight excluding hydrogens is 228 g/mol. The molecule has 0 bridgehead atoms. The standard InChI is InChI=1S/C14H22N2O2/c1-11-6-4-7-12(10-11)13(14(17)18)15-8-5-9-16(2)3/h4,6-7,10,13,15H,5,8-9H2,1-3H3,(H,17,18). The largest absolute Gasteiger partial charge is 0.480 e. The Morgan fingerprint density at radius 1 is 1.44 bits per heavy atom. The van der Waals surface area contributed by atoms with Gasteiger partial charge in [-0.15, -0.1) is 0 Å². The van der Waals surface area contributed by atoms with Gasteiger partial charge in [0.25, 0.3) is 0 Å². The van der Waals surface area contributed by atoms with Crippen LogP contribution in [0.5, 0.6) is 0 Å². The maximum atomic E-state index is 11.3. The van der Waals surface area contributed by atoms with Gasteiger partial charge in [-0.2, -0.15) is 0 Å². The number of aryl methyl sites for hydroxylation is 1. The fourth-order valence-electron chi connectivity index (χ4n) is 1.84. The number of hydrogen-bond acceptors (Lipinski definition) is 3. The number of nitrogens with one attached hydrogen (secondary N) is 1. The normalized spacial score (nSPS) is 12.7. The van der Waals surface area contributed by atoms with Gasteiger partial charge in [0, 0.05) is 0 Å². The molecule has 100 valence electrons. The third-order valence-electron chi connectivity index (χ3n) is 2.75. The first-order valence-corrected chi connectivity index (χ1v) is 6.18. The fraction of sp³-hybridized carbons (Fsp3) is 0.500. The summed E-state index contributed by atoms with van der Waals surface area (Å²) in [6, 6.07) is 7.01. The first-order valence-electron chi connectivity index (χ1n) is 6.18. The first-order chi connectivity index (χ1) is 8.50. The molecule has 0 aliphatic rings. The van der Waals surface area contributed by atoms with E-state index in [1.54, 1.807) is 0 Å². The second-order valence-corrected chi connectivity index (χ2v) is 4.80. The number of nitrogens with zero attached hydrogens (tertiary/aromatic N) is 1. The van der Waals surface area contributed by atoms with Crippen LogP contribution in [0.4, 0.5) is 0 Å². The number of rotatable bonds is 7. The second-order valence-electron chi connectivity index (χ2n) is 4.80. The van der Waals surface area contributed by atoms with Gasteiger partial charge >= 0.3 is 5.97 Å². The highest BCUT2D eigenvalue weighted by Gasteiger charge is 2.18. The van der Waals surface area contributed by atoms with Crippen LogP contribution in [0.2, 0.25) is 0 Å². The van der Waals surface area contributed by atoms with Crippen LogP contribution >= 0.6 is 0 Å². The monoisotopic (exact) mass is 250 g/mol. The molecule has 2 N–H and O–H groups in total. The van der Waals surface area contributed by atoms with Gasteiger partial charge in [-0.05, 0) is 46.1 Å². The molecule has 1 unspecified atom stereocenters. The molecule has 0 aliphatic heterocycles. The molecular formula is C14H22N2O2. The highest BCUT2D eigenvalue weighted by atomic mass is 16.4. The van der Waals surface area contributed by atoms with E-state index in [1.807, 2.05) is 45.3 Å². The van der Waals surface area contributed by atoms with Crippen LogP contribution in [-0.2, 0) is 4.79 Å².